The van der Waals surface area contributed by atoms with E-state index in [2.05, 4.69) is 25.5 Å². The first-order valence-electron chi connectivity index (χ1n) is 9.04. The number of anilines is 1. The van der Waals surface area contributed by atoms with Crippen LogP contribution in [0.25, 0.3) is 5.82 Å². The van der Waals surface area contributed by atoms with Gasteiger partial charge in [0.1, 0.15) is 11.9 Å². The van der Waals surface area contributed by atoms with Gasteiger partial charge in [0.25, 0.3) is 5.56 Å². The fourth-order valence-corrected chi connectivity index (χ4v) is 3.39. The molecule has 138 valence electrons. The van der Waals surface area contributed by atoms with Crippen molar-refractivity contribution in [1.82, 2.24) is 29.5 Å². The highest BCUT2D eigenvalue weighted by Gasteiger charge is 2.34. The summed E-state index contributed by atoms with van der Waals surface area (Å²) in [6, 6.07) is 4.64. The first-order chi connectivity index (χ1) is 13.3. The van der Waals surface area contributed by atoms with Gasteiger partial charge in [-0.2, -0.15) is 5.10 Å². The molecule has 2 atom stereocenters. The number of ether oxygens (including phenoxy) is 1. The highest BCUT2D eigenvalue weighted by Crippen LogP contribution is 2.41. The van der Waals surface area contributed by atoms with Crippen molar-refractivity contribution in [3.8, 4) is 5.82 Å². The molecule has 3 aromatic rings. The summed E-state index contributed by atoms with van der Waals surface area (Å²) < 4.78 is 8.77. The maximum atomic E-state index is 12.5. The highest BCUT2D eigenvalue weighted by molar-refractivity contribution is 5.44. The van der Waals surface area contributed by atoms with Crippen LogP contribution in [-0.4, -0.2) is 48.8 Å². The third-order valence-electron chi connectivity index (χ3n) is 4.93. The molecule has 2 aliphatic rings. The summed E-state index contributed by atoms with van der Waals surface area (Å²) in [5.41, 5.74) is 0.823. The zero-order chi connectivity index (χ0) is 18.2. The van der Waals surface area contributed by atoms with E-state index in [-0.39, 0.29) is 17.6 Å². The molecule has 27 heavy (non-hydrogen) atoms. The SMILES string of the molecule is O=c1ccc(-n2cccn2)nn1C1COCC1Nc1nccnc1C1CC1. The van der Waals surface area contributed by atoms with Gasteiger partial charge in [0.05, 0.1) is 24.9 Å². The number of rotatable bonds is 5. The average Bonchev–Trinajstić information content (AvgIpc) is 3.19. The van der Waals surface area contributed by atoms with E-state index in [0.29, 0.717) is 24.9 Å². The van der Waals surface area contributed by atoms with Crippen LogP contribution < -0.4 is 10.9 Å². The van der Waals surface area contributed by atoms with Crippen LogP contribution in [-0.2, 0) is 4.74 Å². The van der Waals surface area contributed by atoms with Crippen molar-refractivity contribution in [2.24, 2.45) is 0 Å². The normalized spacial score (nSPS) is 22.1. The lowest BCUT2D eigenvalue weighted by Crippen LogP contribution is -2.38. The standard InChI is InChI=1S/C18H19N7O2/c26-16-5-4-15(24-9-1-6-21-24)23-25(16)14-11-27-10-13(14)22-18-17(12-2-3-12)19-7-8-20-18/h1,4-9,12-14H,2-3,10-11H2,(H,20,22). The fraction of sp³-hybridized carbons (Fsp3) is 0.389. The van der Waals surface area contributed by atoms with Crippen LogP contribution in [0.3, 0.4) is 0 Å². The molecule has 1 saturated heterocycles. The molecule has 0 bridgehead atoms. The van der Waals surface area contributed by atoms with Gasteiger partial charge in [-0.05, 0) is 25.0 Å². The monoisotopic (exact) mass is 365 g/mol. The van der Waals surface area contributed by atoms with E-state index in [9.17, 15) is 4.79 Å². The molecule has 0 spiro atoms. The molecule has 3 aromatic heterocycles. The van der Waals surface area contributed by atoms with Crippen molar-refractivity contribution in [1.29, 1.82) is 0 Å². The third-order valence-corrected chi connectivity index (χ3v) is 4.93. The first-order valence-corrected chi connectivity index (χ1v) is 9.04. The molecule has 1 aliphatic heterocycles. The Morgan fingerprint density at radius 1 is 1.11 bits per heavy atom. The molecule has 2 fully saturated rings. The predicted molar refractivity (Wildman–Crippen MR) is 96.9 cm³/mol. The zero-order valence-electron chi connectivity index (χ0n) is 14.6. The maximum Gasteiger partial charge on any atom is 0.267 e. The Morgan fingerprint density at radius 2 is 2.00 bits per heavy atom. The minimum absolute atomic E-state index is 0.114. The quantitative estimate of drug-likeness (QED) is 0.724. The average molecular weight is 365 g/mol. The largest absolute Gasteiger partial charge is 0.377 e. The van der Waals surface area contributed by atoms with Crippen LogP contribution in [0, 0.1) is 0 Å². The van der Waals surface area contributed by atoms with Gasteiger partial charge in [0, 0.05) is 36.8 Å². The summed E-state index contributed by atoms with van der Waals surface area (Å²) in [7, 11) is 0. The Bertz CT molecular complexity index is 997. The smallest absolute Gasteiger partial charge is 0.267 e. The Morgan fingerprint density at radius 3 is 2.81 bits per heavy atom. The Kier molecular flexibility index (Phi) is 3.93. The van der Waals surface area contributed by atoms with Gasteiger partial charge >= 0.3 is 0 Å². The molecule has 9 heteroatoms. The molecular formula is C18H19N7O2. The Balaban J connectivity index is 1.45. The van der Waals surface area contributed by atoms with Crippen LogP contribution in [0.4, 0.5) is 5.82 Å². The molecule has 0 aromatic carbocycles. The highest BCUT2D eigenvalue weighted by atomic mass is 16.5. The van der Waals surface area contributed by atoms with Crippen LogP contribution in [0.2, 0.25) is 0 Å². The van der Waals surface area contributed by atoms with Crippen molar-refractivity contribution < 1.29 is 4.74 Å². The summed E-state index contributed by atoms with van der Waals surface area (Å²) >= 11 is 0. The van der Waals surface area contributed by atoms with Gasteiger partial charge in [-0.15, -0.1) is 5.10 Å². The second kappa shape index (κ2) is 6.58. The summed E-state index contributed by atoms with van der Waals surface area (Å²) in [4.78, 5) is 21.4. The lowest BCUT2D eigenvalue weighted by molar-refractivity contribution is 0.182. The van der Waals surface area contributed by atoms with Crippen molar-refractivity contribution in [2.45, 2.75) is 30.8 Å². The number of nitrogens with zero attached hydrogens (tertiary/aromatic N) is 6. The number of hydrogen-bond donors (Lipinski definition) is 1. The Hall–Kier alpha value is -3.07. The van der Waals surface area contributed by atoms with E-state index in [1.807, 2.05) is 6.07 Å². The van der Waals surface area contributed by atoms with E-state index >= 15 is 0 Å². The van der Waals surface area contributed by atoms with Crippen LogP contribution in [0.5, 0.6) is 0 Å². The molecule has 1 aliphatic carbocycles. The minimum atomic E-state index is -0.234. The predicted octanol–water partition coefficient (Wildman–Crippen LogP) is 1.15. The van der Waals surface area contributed by atoms with E-state index in [4.69, 9.17) is 4.74 Å². The molecule has 9 nitrogen and oxygen atoms in total. The summed E-state index contributed by atoms with van der Waals surface area (Å²) in [6.45, 7) is 0.887. The molecule has 1 saturated carbocycles. The number of nitrogens with one attached hydrogen (secondary N) is 1. The maximum absolute atomic E-state index is 12.5. The zero-order valence-corrected chi connectivity index (χ0v) is 14.6. The molecule has 1 N–H and O–H groups in total. The van der Waals surface area contributed by atoms with Crippen LogP contribution >= 0.6 is 0 Å². The van der Waals surface area contributed by atoms with Gasteiger partial charge in [-0.25, -0.2) is 14.3 Å². The summed E-state index contributed by atoms with van der Waals surface area (Å²) in [5, 5.41) is 12.1. The molecular weight excluding hydrogens is 346 g/mol. The molecule has 2 unspecified atom stereocenters. The second-order valence-electron chi connectivity index (χ2n) is 6.85. The number of hydrogen-bond acceptors (Lipinski definition) is 7. The lowest BCUT2D eigenvalue weighted by Gasteiger charge is -2.22. The molecule has 0 amide bonds. The summed E-state index contributed by atoms with van der Waals surface area (Å²) in [5.74, 6) is 1.84. The van der Waals surface area contributed by atoms with Crippen molar-refractivity contribution in [3.63, 3.8) is 0 Å². The fourth-order valence-electron chi connectivity index (χ4n) is 3.39. The van der Waals surface area contributed by atoms with Gasteiger partial charge in [0.2, 0.25) is 0 Å². The number of aromatic nitrogens is 6. The van der Waals surface area contributed by atoms with Crippen molar-refractivity contribution in [3.05, 3.63) is 59.0 Å². The van der Waals surface area contributed by atoms with E-state index < -0.39 is 0 Å². The van der Waals surface area contributed by atoms with Crippen LogP contribution in [0.1, 0.15) is 30.5 Å². The van der Waals surface area contributed by atoms with Crippen LogP contribution in [0.15, 0.2) is 47.8 Å². The lowest BCUT2D eigenvalue weighted by atomic mass is 10.1. The van der Waals surface area contributed by atoms with Gasteiger partial charge < -0.3 is 10.1 Å². The minimum Gasteiger partial charge on any atom is -0.377 e. The molecule has 4 heterocycles. The van der Waals surface area contributed by atoms with Crippen molar-refractivity contribution >= 4 is 5.82 Å². The van der Waals surface area contributed by atoms with Gasteiger partial charge in [-0.3, -0.25) is 9.78 Å². The second-order valence-corrected chi connectivity index (χ2v) is 6.85. The molecule has 0 radical (unpaired) electrons. The molecule has 5 rings (SSSR count). The third kappa shape index (κ3) is 3.10. The van der Waals surface area contributed by atoms with E-state index in [1.54, 1.807) is 35.5 Å². The van der Waals surface area contributed by atoms with Gasteiger partial charge in [0.15, 0.2) is 5.82 Å². The first kappa shape index (κ1) is 16.1. The van der Waals surface area contributed by atoms with E-state index in [0.717, 1.165) is 24.4 Å². The topological polar surface area (TPSA) is 99.8 Å². The summed E-state index contributed by atoms with van der Waals surface area (Å²) in [6.07, 6.45) is 9.16. The van der Waals surface area contributed by atoms with Gasteiger partial charge in [-0.1, -0.05) is 0 Å². The Labute approximate surface area is 155 Å². The van der Waals surface area contributed by atoms with Crippen molar-refractivity contribution in [2.75, 3.05) is 18.5 Å². The van der Waals surface area contributed by atoms with E-state index in [1.165, 1.54) is 10.7 Å².